The van der Waals surface area contributed by atoms with Gasteiger partial charge in [-0.2, -0.15) is 4.37 Å². The number of anilines is 1. The van der Waals surface area contributed by atoms with Crippen molar-refractivity contribution in [1.29, 1.82) is 0 Å². The van der Waals surface area contributed by atoms with Crippen molar-refractivity contribution in [3.63, 3.8) is 0 Å². The summed E-state index contributed by atoms with van der Waals surface area (Å²) in [6.07, 6.45) is 2.53. The fraction of sp³-hybridized carbons (Fsp3) is 0.455. The predicted molar refractivity (Wildman–Crippen MR) is 116 cm³/mol. The van der Waals surface area contributed by atoms with E-state index in [0.29, 0.717) is 18.8 Å². The SMILES string of the molecule is Cc1oc(C(=O)N2CCN(c3nsc4ccccc34)CC2)cc1CN1CCCC1. The number of hydrogen-bond acceptors (Lipinski definition) is 6. The van der Waals surface area contributed by atoms with Gasteiger partial charge in [0.2, 0.25) is 0 Å². The molecule has 0 unspecified atom stereocenters. The van der Waals surface area contributed by atoms with Gasteiger partial charge in [-0.3, -0.25) is 9.69 Å². The first kappa shape index (κ1) is 18.6. The molecule has 0 saturated carbocycles. The van der Waals surface area contributed by atoms with Gasteiger partial charge in [0.05, 0.1) is 4.70 Å². The fourth-order valence-electron chi connectivity index (χ4n) is 4.34. The molecule has 0 radical (unpaired) electrons. The highest BCUT2D eigenvalue weighted by Gasteiger charge is 2.27. The lowest BCUT2D eigenvalue weighted by Gasteiger charge is -2.34. The van der Waals surface area contributed by atoms with Gasteiger partial charge in [0, 0.05) is 43.7 Å². The molecule has 5 rings (SSSR count). The maximum Gasteiger partial charge on any atom is 0.289 e. The molecule has 7 heteroatoms. The van der Waals surface area contributed by atoms with Crippen molar-refractivity contribution in [2.24, 2.45) is 0 Å². The van der Waals surface area contributed by atoms with Gasteiger partial charge >= 0.3 is 0 Å². The maximum atomic E-state index is 13.0. The number of benzene rings is 1. The van der Waals surface area contributed by atoms with Gasteiger partial charge in [-0.25, -0.2) is 0 Å². The average molecular weight is 411 g/mol. The van der Waals surface area contributed by atoms with Crippen LogP contribution in [0.15, 0.2) is 34.7 Å². The zero-order chi connectivity index (χ0) is 19.8. The number of carbonyl (C=O) groups is 1. The molecular weight excluding hydrogens is 384 g/mol. The van der Waals surface area contributed by atoms with E-state index >= 15 is 0 Å². The number of nitrogens with zero attached hydrogens (tertiary/aromatic N) is 4. The Hall–Kier alpha value is -2.38. The molecule has 0 N–H and O–H groups in total. The van der Waals surface area contributed by atoms with E-state index in [2.05, 4.69) is 32.4 Å². The number of piperazine rings is 1. The monoisotopic (exact) mass is 410 g/mol. The Morgan fingerprint density at radius 2 is 1.86 bits per heavy atom. The van der Waals surface area contributed by atoms with Crippen LogP contribution in [-0.4, -0.2) is 59.3 Å². The third-order valence-electron chi connectivity index (χ3n) is 6.05. The predicted octanol–water partition coefficient (Wildman–Crippen LogP) is 3.76. The van der Waals surface area contributed by atoms with E-state index in [1.54, 1.807) is 0 Å². The maximum absolute atomic E-state index is 13.0. The molecule has 2 aliphatic rings. The molecule has 0 aliphatic carbocycles. The Bertz CT molecular complexity index is 1010. The molecular formula is C22H26N4O2S. The summed E-state index contributed by atoms with van der Waals surface area (Å²) in [5.74, 6) is 2.39. The molecule has 0 spiro atoms. The number of furan rings is 1. The number of amides is 1. The van der Waals surface area contributed by atoms with Crippen molar-refractivity contribution in [3.8, 4) is 0 Å². The van der Waals surface area contributed by atoms with Crippen LogP contribution in [0.1, 0.15) is 34.7 Å². The quantitative estimate of drug-likeness (QED) is 0.656. The molecule has 0 atom stereocenters. The van der Waals surface area contributed by atoms with Crippen molar-refractivity contribution in [2.75, 3.05) is 44.2 Å². The van der Waals surface area contributed by atoms with Gasteiger partial charge in [0.15, 0.2) is 5.76 Å². The Morgan fingerprint density at radius 3 is 2.66 bits per heavy atom. The van der Waals surface area contributed by atoms with Crippen LogP contribution in [0.25, 0.3) is 10.1 Å². The summed E-state index contributed by atoms with van der Waals surface area (Å²) in [5, 5.41) is 1.20. The van der Waals surface area contributed by atoms with E-state index in [-0.39, 0.29) is 5.91 Å². The van der Waals surface area contributed by atoms with Crippen LogP contribution in [0.4, 0.5) is 5.82 Å². The number of carbonyl (C=O) groups excluding carboxylic acids is 1. The number of likely N-dealkylation sites (tertiary alicyclic amines) is 1. The van der Waals surface area contributed by atoms with E-state index in [9.17, 15) is 4.79 Å². The second kappa shape index (κ2) is 7.80. The zero-order valence-electron chi connectivity index (χ0n) is 16.8. The van der Waals surface area contributed by atoms with Crippen LogP contribution in [0.2, 0.25) is 0 Å². The van der Waals surface area contributed by atoms with Crippen LogP contribution < -0.4 is 4.90 Å². The second-order valence-electron chi connectivity index (χ2n) is 7.96. The Labute approximate surface area is 174 Å². The minimum absolute atomic E-state index is 0.00329. The molecule has 4 heterocycles. The number of aryl methyl sites for hydroxylation is 1. The van der Waals surface area contributed by atoms with E-state index in [0.717, 1.165) is 49.9 Å². The molecule has 0 bridgehead atoms. The van der Waals surface area contributed by atoms with Crippen LogP contribution in [0.5, 0.6) is 0 Å². The van der Waals surface area contributed by atoms with Gasteiger partial charge in [-0.15, -0.1) is 0 Å². The third kappa shape index (κ3) is 3.65. The van der Waals surface area contributed by atoms with Crippen molar-refractivity contribution < 1.29 is 9.21 Å². The first-order chi connectivity index (χ1) is 14.2. The largest absolute Gasteiger partial charge is 0.456 e. The van der Waals surface area contributed by atoms with E-state index in [1.165, 1.54) is 34.5 Å². The number of fused-ring (bicyclic) bond motifs is 1. The third-order valence-corrected chi connectivity index (χ3v) is 6.87. The standard InChI is InChI=1S/C22H26N4O2S/c1-16-17(15-24-8-4-5-9-24)14-19(28-16)22(27)26-12-10-25(11-13-26)21-18-6-2-3-7-20(18)29-23-21/h2-3,6-7,14H,4-5,8-13,15H2,1H3. The highest BCUT2D eigenvalue weighted by molar-refractivity contribution is 7.13. The lowest BCUT2D eigenvalue weighted by molar-refractivity contribution is 0.0713. The molecule has 3 aromatic rings. The topological polar surface area (TPSA) is 52.8 Å². The van der Waals surface area contributed by atoms with Crippen molar-refractivity contribution in [2.45, 2.75) is 26.3 Å². The average Bonchev–Trinajstić information content (AvgIpc) is 3.49. The van der Waals surface area contributed by atoms with E-state index < -0.39 is 0 Å². The normalized spacial score (nSPS) is 18.1. The van der Waals surface area contributed by atoms with Gasteiger partial charge in [0.25, 0.3) is 5.91 Å². The molecule has 1 amide bonds. The lowest BCUT2D eigenvalue weighted by Crippen LogP contribution is -2.48. The zero-order valence-corrected chi connectivity index (χ0v) is 17.6. The molecule has 2 aromatic heterocycles. The van der Waals surface area contributed by atoms with Crippen LogP contribution in [0.3, 0.4) is 0 Å². The number of hydrogen-bond donors (Lipinski definition) is 0. The Balaban J connectivity index is 1.24. The number of rotatable bonds is 4. The van der Waals surface area contributed by atoms with Gasteiger partial charge in [-0.1, -0.05) is 12.1 Å². The molecule has 2 fully saturated rings. The van der Waals surface area contributed by atoms with E-state index in [1.807, 2.05) is 24.0 Å². The van der Waals surface area contributed by atoms with Crippen molar-refractivity contribution in [1.82, 2.24) is 14.2 Å². The molecule has 6 nitrogen and oxygen atoms in total. The van der Waals surface area contributed by atoms with Gasteiger partial charge < -0.3 is 14.2 Å². The molecule has 152 valence electrons. The lowest BCUT2D eigenvalue weighted by atomic mass is 10.2. The summed E-state index contributed by atoms with van der Waals surface area (Å²) in [6, 6.07) is 10.3. The summed E-state index contributed by atoms with van der Waals surface area (Å²) in [5.41, 5.74) is 1.14. The summed E-state index contributed by atoms with van der Waals surface area (Å²) in [7, 11) is 0. The molecule has 2 aliphatic heterocycles. The Morgan fingerprint density at radius 1 is 1.10 bits per heavy atom. The summed E-state index contributed by atoms with van der Waals surface area (Å²) >= 11 is 1.54. The highest BCUT2D eigenvalue weighted by Crippen LogP contribution is 2.30. The Kier molecular flexibility index (Phi) is 5.01. The first-order valence-electron chi connectivity index (χ1n) is 10.4. The molecule has 1 aromatic carbocycles. The van der Waals surface area contributed by atoms with Crippen molar-refractivity contribution >= 4 is 33.3 Å². The van der Waals surface area contributed by atoms with Gasteiger partial charge in [-0.05, 0) is 62.6 Å². The fourth-order valence-corrected chi connectivity index (χ4v) is 5.14. The number of aromatic nitrogens is 1. The van der Waals surface area contributed by atoms with Crippen molar-refractivity contribution in [3.05, 3.63) is 47.4 Å². The van der Waals surface area contributed by atoms with Crippen LogP contribution >= 0.6 is 11.5 Å². The summed E-state index contributed by atoms with van der Waals surface area (Å²) in [6.45, 7) is 8.08. The molecule has 29 heavy (non-hydrogen) atoms. The minimum Gasteiger partial charge on any atom is -0.456 e. The smallest absolute Gasteiger partial charge is 0.289 e. The summed E-state index contributed by atoms with van der Waals surface area (Å²) < 4.78 is 11.7. The minimum atomic E-state index is 0.00329. The first-order valence-corrected chi connectivity index (χ1v) is 11.2. The van der Waals surface area contributed by atoms with Crippen LogP contribution in [-0.2, 0) is 6.54 Å². The second-order valence-corrected chi connectivity index (χ2v) is 8.76. The summed E-state index contributed by atoms with van der Waals surface area (Å²) in [4.78, 5) is 19.6. The van der Waals surface area contributed by atoms with Gasteiger partial charge in [0.1, 0.15) is 11.6 Å². The van der Waals surface area contributed by atoms with Crippen LogP contribution in [0, 0.1) is 6.92 Å². The molecule has 2 saturated heterocycles. The van der Waals surface area contributed by atoms with E-state index in [4.69, 9.17) is 4.42 Å². The highest BCUT2D eigenvalue weighted by atomic mass is 32.1.